The van der Waals surface area contributed by atoms with Gasteiger partial charge in [-0.1, -0.05) is 6.92 Å². The van der Waals surface area contributed by atoms with Crippen LogP contribution in [0.1, 0.15) is 47.0 Å². The molecule has 0 aromatic carbocycles. The van der Waals surface area contributed by atoms with Crippen molar-refractivity contribution < 1.29 is 9.47 Å². The predicted molar refractivity (Wildman–Crippen MR) is 71.1 cm³/mol. The minimum atomic E-state index is -0.229. The second-order valence-corrected chi connectivity index (χ2v) is 5.02. The summed E-state index contributed by atoms with van der Waals surface area (Å²) >= 11 is 0. The van der Waals surface area contributed by atoms with E-state index in [1.165, 1.54) is 0 Å². The standard InChI is InChI=1S/C14H27NO2/c1-5-10-15-13(14(3,4)17-6-2)12-9-7-8-11-16-12/h9,13,15H,5-8,10-11H2,1-4H3. The lowest BCUT2D eigenvalue weighted by Gasteiger charge is -2.37. The molecule has 1 aliphatic rings. The van der Waals surface area contributed by atoms with E-state index in [9.17, 15) is 0 Å². The number of hydrogen-bond donors (Lipinski definition) is 1. The van der Waals surface area contributed by atoms with Gasteiger partial charge in [-0.05, 0) is 52.7 Å². The number of ether oxygens (including phenoxy) is 2. The van der Waals surface area contributed by atoms with E-state index in [-0.39, 0.29) is 11.6 Å². The van der Waals surface area contributed by atoms with Crippen molar-refractivity contribution in [3.63, 3.8) is 0 Å². The lowest BCUT2D eigenvalue weighted by molar-refractivity contribution is -0.0434. The molecule has 1 unspecified atom stereocenters. The van der Waals surface area contributed by atoms with Crippen LogP contribution < -0.4 is 5.32 Å². The van der Waals surface area contributed by atoms with Crippen molar-refractivity contribution in [3.05, 3.63) is 11.8 Å². The van der Waals surface area contributed by atoms with Crippen molar-refractivity contribution >= 4 is 0 Å². The molecule has 0 saturated heterocycles. The zero-order valence-electron chi connectivity index (χ0n) is 11.7. The Balaban J connectivity index is 2.74. The van der Waals surface area contributed by atoms with Gasteiger partial charge >= 0.3 is 0 Å². The summed E-state index contributed by atoms with van der Waals surface area (Å²) in [6, 6.07) is 0.155. The summed E-state index contributed by atoms with van der Waals surface area (Å²) in [5.41, 5.74) is -0.229. The van der Waals surface area contributed by atoms with Gasteiger partial charge in [0.15, 0.2) is 0 Å². The highest BCUT2D eigenvalue weighted by molar-refractivity contribution is 5.11. The van der Waals surface area contributed by atoms with E-state index < -0.39 is 0 Å². The highest BCUT2D eigenvalue weighted by Gasteiger charge is 2.34. The lowest BCUT2D eigenvalue weighted by atomic mass is 9.94. The molecule has 3 nitrogen and oxygen atoms in total. The van der Waals surface area contributed by atoms with Crippen LogP contribution in [0.25, 0.3) is 0 Å². The van der Waals surface area contributed by atoms with E-state index in [1.54, 1.807) is 0 Å². The van der Waals surface area contributed by atoms with Crippen molar-refractivity contribution in [2.24, 2.45) is 0 Å². The Bertz CT molecular complexity index is 249. The van der Waals surface area contributed by atoms with E-state index in [4.69, 9.17) is 9.47 Å². The second-order valence-electron chi connectivity index (χ2n) is 5.02. The van der Waals surface area contributed by atoms with Crippen LogP contribution >= 0.6 is 0 Å². The molecule has 3 heteroatoms. The molecular formula is C14H27NO2. The highest BCUT2D eigenvalue weighted by Crippen LogP contribution is 2.25. The molecule has 0 aliphatic carbocycles. The summed E-state index contributed by atoms with van der Waals surface area (Å²) in [7, 11) is 0. The van der Waals surface area contributed by atoms with E-state index in [0.717, 1.165) is 44.8 Å². The third kappa shape index (κ3) is 4.32. The van der Waals surface area contributed by atoms with Crippen LogP contribution in [-0.4, -0.2) is 31.4 Å². The Morgan fingerprint density at radius 1 is 1.47 bits per heavy atom. The zero-order chi connectivity index (χ0) is 12.7. The van der Waals surface area contributed by atoms with E-state index in [0.29, 0.717) is 0 Å². The lowest BCUT2D eigenvalue weighted by Crippen LogP contribution is -2.51. The van der Waals surface area contributed by atoms with E-state index >= 15 is 0 Å². The number of allylic oxidation sites excluding steroid dienone is 1. The van der Waals surface area contributed by atoms with Crippen LogP contribution in [0.15, 0.2) is 11.8 Å². The Kier molecular flexibility index (Phi) is 6.00. The van der Waals surface area contributed by atoms with Gasteiger partial charge in [0.25, 0.3) is 0 Å². The van der Waals surface area contributed by atoms with Crippen molar-refractivity contribution in [1.82, 2.24) is 5.32 Å². The van der Waals surface area contributed by atoms with Crippen molar-refractivity contribution in [2.75, 3.05) is 19.8 Å². The summed E-state index contributed by atoms with van der Waals surface area (Å²) in [6.45, 7) is 11.0. The molecule has 1 heterocycles. The largest absolute Gasteiger partial charge is 0.496 e. The topological polar surface area (TPSA) is 30.5 Å². The molecule has 0 aromatic rings. The molecule has 0 bridgehead atoms. The number of hydrogen-bond acceptors (Lipinski definition) is 3. The molecule has 0 spiro atoms. The maximum atomic E-state index is 5.86. The molecule has 0 aromatic heterocycles. The fourth-order valence-corrected chi connectivity index (χ4v) is 2.21. The summed E-state index contributed by atoms with van der Waals surface area (Å²) in [5.74, 6) is 1.06. The number of rotatable bonds is 7. The first-order chi connectivity index (χ1) is 8.11. The summed E-state index contributed by atoms with van der Waals surface area (Å²) in [4.78, 5) is 0. The summed E-state index contributed by atoms with van der Waals surface area (Å²) in [6.07, 6.45) is 5.56. The van der Waals surface area contributed by atoms with Gasteiger partial charge in [-0.2, -0.15) is 0 Å². The van der Waals surface area contributed by atoms with Gasteiger partial charge in [-0.3, -0.25) is 0 Å². The zero-order valence-corrected chi connectivity index (χ0v) is 11.7. The molecule has 1 aliphatic heterocycles. The minimum Gasteiger partial charge on any atom is -0.496 e. The van der Waals surface area contributed by atoms with Gasteiger partial charge in [0.1, 0.15) is 5.76 Å². The molecule has 0 radical (unpaired) electrons. The Morgan fingerprint density at radius 3 is 2.76 bits per heavy atom. The Morgan fingerprint density at radius 2 is 2.24 bits per heavy atom. The molecule has 1 N–H and O–H groups in total. The maximum Gasteiger partial charge on any atom is 0.112 e. The van der Waals surface area contributed by atoms with Crippen LogP contribution in [0.5, 0.6) is 0 Å². The molecule has 1 rings (SSSR count). The second kappa shape index (κ2) is 7.02. The first-order valence-corrected chi connectivity index (χ1v) is 6.82. The van der Waals surface area contributed by atoms with E-state index in [1.807, 2.05) is 6.92 Å². The van der Waals surface area contributed by atoms with Crippen LogP contribution in [0, 0.1) is 0 Å². The first-order valence-electron chi connectivity index (χ1n) is 6.82. The first kappa shape index (κ1) is 14.5. The molecule has 0 amide bonds. The minimum absolute atomic E-state index is 0.155. The molecule has 100 valence electrons. The number of nitrogens with one attached hydrogen (secondary N) is 1. The van der Waals surface area contributed by atoms with Crippen LogP contribution in [0.2, 0.25) is 0 Å². The highest BCUT2D eigenvalue weighted by atomic mass is 16.5. The summed E-state index contributed by atoms with van der Waals surface area (Å²) in [5, 5.41) is 3.55. The van der Waals surface area contributed by atoms with Gasteiger partial charge in [-0.15, -0.1) is 0 Å². The smallest absolute Gasteiger partial charge is 0.112 e. The van der Waals surface area contributed by atoms with Crippen LogP contribution in [0.4, 0.5) is 0 Å². The summed E-state index contributed by atoms with van der Waals surface area (Å²) < 4.78 is 11.6. The maximum absolute atomic E-state index is 5.86. The van der Waals surface area contributed by atoms with Crippen molar-refractivity contribution in [1.29, 1.82) is 0 Å². The molecule has 0 saturated carbocycles. The van der Waals surface area contributed by atoms with Gasteiger partial charge in [0.2, 0.25) is 0 Å². The average Bonchev–Trinajstić information content (AvgIpc) is 2.30. The fraction of sp³-hybridized carbons (Fsp3) is 0.857. The molecule has 1 atom stereocenters. The van der Waals surface area contributed by atoms with E-state index in [2.05, 4.69) is 32.2 Å². The third-order valence-electron chi connectivity index (χ3n) is 3.06. The predicted octanol–water partition coefficient (Wildman–Crippen LogP) is 2.86. The third-order valence-corrected chi connectivity index (χ3v) is 3.06. The molecular weight excluding hydrogens is 214 g/mol. The van der Waals surface area contributed by atoms with Gasteiger partial charge in [0.05, 0.1) is 18.2 Å². The quantitative estimate of drug-likeness (QED) is 0.743. The van der Waals surface area contributed by atoms with Crippen LogP contribution in [0.3, 0.4) is 0 Å². The average molecular weight is 241 g/mol. The monoisotopic (exact) mass is 241 g/mol. The van der Waals surface area contributed by atoms with Gasteiger partial charge in [-0.25, -0.2) is 0 Å². The van der Waals surface area contributed by atoms with Crippen molar-refractivity contribution in [3.8, 4) is 0 Å². The normalized spacial score (nSPS) is 18.5. The SMILES string of the molecule is CCCNC(C1=CCCCO1)C(C)(C)OCC. The Hall–Kier alpha value is -0.540. The van der Waals surface area contributed by atoms with Crippen molar-refractivity contribution in [2.45, 2.75) is 58.6 Å². The van der Waals surface area contributed by atoms with Crippen LogP contribution in [-0.2, 0) is 9.47 Å². The Labute approximate surface area is 106 Å². The van der Waals surface area contributed by atoms with Gasteiger partial charge in [0, 0.05) is 6.61 Å². The molecule has 0 fully saturated rings. The fourth-order valence-electron chi connectivity index (χ4n) is 2.21. The van der Waals surface area contributed by atoms with Gasteiger partial charge < -0.3 is 14.8 Å². The molecule has 17 heavy (non-hydrogen) atoms.